The van der Waals surface area contributed by atoms with Crippen LogP contribution in [0.25, 0.3) is 0 Å². The van der Waals surface area contributed by atoms with Crippen LogP contribution in [0, 0.1) is 6.92 Å². The third-order valence-electron chi connectivity index (χ3n) is 4.59. The maximum Gasteiger partial charge on any atom is 0.261 e. The molecule has 0 saturated heterocycles. The fourth-order valence-corrected chi connectivity index (χ4v) is 3.19. The second-order valence-corrected chi connectivity index (χ2v) is 6.61. The summed E-state index contributed by atoms with van der Waals surface area (Å²) < 4.78 is 0. The average molecular weight is 362 g/mol. The molecule has 5 nitrogen and oxygen atoms in total. The molecule has 5 heteroatoms. The van der Waals surface area contributed by atoms with Crippen molar-refractivity contribution >= 4 is 17.7 Å². The van der Waals surface area contributed by atoms with E-state index in [0.29, 0.717) is 24.2 Å². The molecule has 0 fully saturated rings. The van der Waals surface area contributed by atoms with Crippen molar-refractivity contribution in [2.45, 2.75) is 19.9 Å². The molecule has 1 aliphatic rings. The summed E-state index contributed by atoms with van der Waals surface area (Å²) in [5, 5.41) is 0. The minimum absolute atomic E-state index is 0.0761. The SMILES string of the molecule is C=CCN(Cc1ccccc1)C(=O)CCN1C(=O)c2ccc(C)cc2C1=O. The largest absolute Gasteiger partial charge is 0.335 e. The van der Waals surface area contributed by atoms with Crippen LogP contribution in [0.1, 0.15) is 38.3 Å². The Labute approximate surface area is 158 Å². The van der Waals surface area contributed by atoms with E-state index in [1.54, 1.807) is 23.1 Å². The maximum absolute atomic E-state index is 12.7. The van der Waals surface area contributed by atoms with Gasteiger partial charge in [-0.05, 0) is 24.6 Å². The number of amides is 3. The second kappa shape index (κ2) is 7.99. The normalized spacial score (nSPS) is 12.9. The molecule has 3 rings (SSSR count). The van der Waals surface area contributed by atoms with Crippen LogP contribution in [0.3, 0.4) is 0 Å². The molecule has 0 unspecified atom stereocenters. The van der Waals surface area contributed by atoms with Gasteiger partial charge in [0.25, 0.3) is 11.8 Å². The number of aryl methyl sites for hydroxylation is 1. The summed E-state index contributed by atoms with van der Waals surface area (Å²) in [5.74, 6) is -0.780. The van der Waals surface area contributed by atoms with E-state index in [9.17, 15) is 14.4 Å². The number of hydrogen-bond donors (Lipinski definition) is 0. The molecule has 2 aromatic rings. The fraction of sp³-hybridized carbons (Fsp3) is 0.227. The summed E-state index contributed by atoms with van der Waals surface area (Å²) in [5.41, 5.74) is 2.77. The summed E-state index contributed by atoms with van der Waals surface area (Å²) in [7, 11) is 0. The molecular formula is C22H22N2O3. The minimum Gasteiger partial charge on any atom is -0.335 e. The van der Waals surface area contributed by atoms with Gasteiger partial charge in [-0.25, -0.2) is 0 Å². The van der Waals surface area contributed by atoms with E-state index < -0.39 is 0 Å². The van der Waals surface area contributed by atoms with Gasteiger partial charge in [0.05, 0.1) is 11.1 Å². The van der Waals surface area contributed by atoms with E-state index in [-0.39, 0.29) is 30.7 Å². The lowest BCUT2D eigenvalue weighted by Crippen LogP contribution is -2.36. The lowest BCUT2D eigenvalue weighted by Gasteiger charge is -2.22. The Hall–Kier alpha value is -3.21. The Morgan fingerprint density at radius 1 is 1.07 bits per heavy atom. The molecule has 3 amide bonds. The highest BCUT2D eigenvalue weighted by molar-refractivity contribution is 6.21. The molecule has 0 aromatic heterocycles. The number of imide groups is 1. The zero-order valence-electron chi connectivity index (χ0n) is 15.4. The highest BCUT2D eigenvalue weighted by atomic mass is 16.2. The molecule has 0 aliphatic carbocycles. The van der Waals surface area contributed by atoms with Gasteiger partial charge in [0.1, 0.15) is 0 Å². The van der Waals surface area contributed by atoms with Gasteiger partial charge in [0.15, 0.2) is 0 Å². The number of carbonyl (C=O) groups excluding carboxylic acids is 3. The van der Waals surface area contributed by atoms with Crippen molar-refractivity contribution in [2.24, 2.45) is 0 Å². The molecular weight excluding hydrogens is 340 g/mol. The predicted molar refractivity (Wildman–Crippen MR) is 103 cm³/mol. The van der Waals surface area contributed by atoms with Gasteiger partial charge in [-0.15, -0.1) is 6.58 Å². The van der Waals surface area contributed by atoms with Crippen molar-refractivity contribution in [3.05, 3.63) is 83.4 Å². The first kappa shape index (κ1) is 18.6. The van der Waals surface area contributed by atoms with E-state index >= 15 is 0 Å². The van der Waals surface area contributed by atoms with Gasteiger partial charge in [0, 0.05) is 26.1 Å². The van der Waals surface area contributed by atoms with Crippen LogP contribution in [-0.4, -0.2) is 40.6 Å². The van der Waals surface area contributed by atoms with Gasteiger partial charge in [-0.1, -0.05) is 48.0 Å². The minimum atomic E-state index is -0.332. The molecule has 0 saturated carbocycles. The Morgan fingerprint density at radius 2 is 1.78 bits per heavy atom. The van der Waals surface area contributed by atoms with Gasteiger partial charge >= 0.3 is 0 Å². The van der Waals surface area contributed by atoms with Crippen LogP contribution in [0.2, 0.25) is 0 Å². The predicted octanol–water partition coefficient (Wildman–Crippen LogP) is 3.20. The summed E-state index contributed by atoms with van der Waals surface area (Å²) >= 11 is 0. The van der Waals surface area contributed by atoms with E-state index in [2.05, 4.69) is 6.58 Å². The number of hydrogen-bond acceptors (Lipinski definition) is 3. The van der Waals surface area contributed by atoms with Gasteiger partial charge < -0.3 is 4.90 Å². The smallest absolute Gasteiger partial charge is 0.261 e. The Morgan fingerprint density at radius 3 is 2.48 bits per heavy atom. The zero-order valence-corrected chi connectivity index (χ0v) is 15.4. The molecule has 0 spiro atoms. The van der Waals surface area contributed by atoms with Gasteiger partial charge in [-0.2, -0.15) is 0 Å². The standard InChI is InChI=1S/C22H22N2O3/c1-3-12-23(15-17-7-5-4-6-8-17)20(25)11-13-24-21(26)18-10-9-16(2)14-19(18)22(24)27/h3-10,14H,1,11-13,15H2,2H3. The van der Waals surface area contributed by atoms with Crippen LogP contribution >= 0.6 is 0 Å². The molecule has 0 N–H and O–H groups in total. The van der Waals surface area contributed by atoms with E-state index in [0.717, 1.165) is 16.0 Å². The molecule has 0 radical (unpaired) electrons. The first-order valence-corrected chi connectivity index (χ1v) is 8.90. The molecule has 2 aromatic carbocycles. The lowest BCUT2D eigenvalue weighted by atomic mass is 10.1. The number of nitrogens with zero attached hydrogens (tertiary/aromatic N) is 2. The van der Waals surface area contributed by atoms with E-state index in [1.807, 2.05) is 43.3 Å². The zero-order chi connectivity index (χ0) is 19.4. The molecule has 1 aliphatic heterocycles. The van der Waals surface area contributed by atoms with Crippen molar-refractivity contribution in [1.82, 2.24) is 9.80 Å². The maximum atomic E-state index is 12.7. The Balaban J connectivity index is 1.66. The summed E-state index contributed by atoms with van der Waals surface area (Å²) in [6.45, 7) is 6.54. The van der Waals surface area contributed by atoms with Crippen molar-refractivity contribution in [2.75, 3.05) is 13.1 Å². The van der Waals surface area contributed by atoms with Crippen LogP contribution in [0.5, 0.6) is 0 Å². The van der Waals surface area contributed by atoms with Crippen molar-refractivity contribution in [3.63, 3.8) is 0 Å². The lowest BCUT2D eigenvalue weighted by molar-refractivity contribution is -0.131. The van der Waals surface area contributed by atoms with E-state index in [1.165, 1.54) is 0 Å². The number of carbonyl (C=O) groups is 3. The second-order valence-electron chi connectivity index (χ2n) is 6.61. The van der Waals surface area contributed by atoms with Gasteiger partial charge in [-0.3, -0.25) is 19.3 Å². The summed E-state index contributed by atoms with van der Waals surface area (Å²) in [6.07, 6.45) is 1.76. The molecule has 27 heavy (non-hydrogen) atoms. The summed E-state index contributed by atoms with van der Waals surface area (Å²) in [6, 6.07) is 14.9. The van der Waals surface area contributed by atoms with Gasteiger partial charge in [0.2, 0.25) is 5.91 Å². The fourth-order valence-electron chi connectivity index (χ4n) is 3.19. The Kier molecular flexibility index (Phi) is 5.50. The van der Waals surface area contributed by atoms with Crippen LogP contribution in [0.4, 0.5) is 0 Å². The molecule has 1 heterocycles. The van der Waals surface area contributed by atoms with Crippen molar-refractivity contribution in [1.29, 1.82) is 0 Å². The number of rotatable bonds is 7. The third-order valence-corrected chi connectivity index (χ3v) is 4.59. The Bertz CT molecular complexity index is 890. The highest BCUT2D eigenvalue weighted by Crippen LogP contribution is 2.24. The molecule has 138 valence electrons. The van der Waals surface area contributed by atoms with Crippen LogP contribution in [0.15, 0.2) is 61.2 Å². The van der Waals surface area contributed by atoms with Crippen LogP contribution < -0.4 is 0 Å². The molecule has 0 atom stereocenters. The van der Waals surface area contributed by atoms with Crippen molar-refractivity contribution < 1.29 is 14.4 Å². The first-order chi connectivity index (χ1) is 13.0. The third kappa shape index (κ3) is 3.97. The monoisotopic (exact) mass is 362 g/mol. The molecule has 0 bridgehead atoms. The highest BCUT2D eigenvalue weighted by Gasteiger charge is 2.35. The number of fused-ring (bicyclic) bond motifs is 1. The van der Waals surface area contributed by atoms with Crippen LogP contribution in [-0.2, 0) is 11.3 Å². The van der Waals surface area contributed by atoms with Crippen molar-refractivity contribution in [3.8, 4) is 0 Å². The average Bonchev–Trinajstić information content (AvgIpc) is 2.90. The topological polar surface area (TPSA) is 57.7 Å². The quantitative estimate of drug-likeness (QED) is 0.561. The summed E-state index contributed by atoms with van der Waals surface area (Å²) in [4.78, 5) is 40.5. The number of benzene rings is 2. The first-order valence-electron chi connectivity index (χ1n) is 8.90. The van der Waals surface area contributed by atoms with E-state index in [4.69, 9.17) is 0 Å².